The van der Waals surface area contributed by atoms with Crippen molar-refractivity contribution >= 4 is 57.3 Å². The summed E-state index contributed by atoms with van der Waals surface area (Å²) >= 11 is 1.88. The number of urea groups is 2. The molecular formula is C37H57N7O11S2. The predicted octanol–water partition coefficient (Wildman–Crippen LogP) is 0.664. The molecule has 0 unspecified atom stereocenters. The third kappa shape index (κ3) is 14.1. The number of para-hydroxylation sites is 1. The molecule has 20 heteroatoms. The maximum absolute atomic E-state index is 13.0. The Bertz CT molecular complexity index is 1580. The van der Waals surface area contributed by atoms with Gasteiger partial charge in [0.05, 0.1) is 76.4 Å². The maximum Gasteiger partial charge on any atom is 0.332 e. The molecule has 1 aromatic carbocycles. The lowest BCUT2D eigenvalue weighted by molar-refractivity contribution is -0.122. The third-order valence-electron chi connectivity index (χ3n) is 10.2. The van der Waals surface area contributed by atoms with Gasteiger partial charge in [-0.3, -0.25) is 14.4 Å². The Kier molecular flexibility index (Phi) is 18.1. The monoisotopic (exact) mass is 839 g/mol. The molecule has 5 rings (SSSR count). The van der Waals surface area contributed by atoms with Crippen LogP contribution in [-0.4, -0.2) is 168 Å². The first-order valence-electron chi connectivity index (χ1n) is 19.8. The highest BCUT2D eigenvalue weighted by Crippen LogP contribution is 2.33. The molecule has 0 saturated carbocycles. The van der Waals surface area contributed by atoms with Crippen LogP contribution in [0.2, 0.25) is 0 Å². The SMILES string of the molecule is O=C(CCCC[C@@H]1SC[C@@H]2NC(=O)N[C@@H]21)NCCOCCOCCOCCOCCNC(=O)CCS(=O)(=O)N1CCC(N2CC(=O)N(c3ccccc3)C2=O)CC1. The number of hydrogen-bond donors (Lipinski definition) is 4. The molecule has 0 aliphatic carbocycles. The summed E-state index contributed by atoms with van der Waals surface area (Å²) in [4.78, 5) is 64.1. The van der Waals surface area contributed by atoms with Crippen LogP contribution in [0.3, 0.4) is 0 Å². The highest BCUT2D eigenvalue weighted by atomic mass is 32.2. The zero-order valence-electron chi connectivity index (χ0n) is 32.4. The molecule has 0 aromatic heterocycles. The Balaban J connectivity index is 0.768. The van der Waals surface area contributed by atoms with E-state index in [1.54, 1.807) is 30.3 Å². The van der Waals surface area contributed by atoms with Crippen LogP contribution in [0.15, 0.2) is 30.3 Å². The van der Waals surface area contributed by atoms with Crippen molar-refractivity contribution < 1.29 is 51.3 Å². The average Bonchev–Trinajstić information content (AvgIpc) is 3.86. The summed E-state index contributed by atoms with van der Waals surface area (Å²) in [7, 11) is -3.67. The van der Waals surface area contributed by atoms with Gasteiger partial charge in [-0.15, -0.1) is 0 Å². The van der Waals surface area contributed by atoms with Crippen LogP contribution in [0.1, 0.15) is 44.9 Å². The van der Waals surface area contributed by atoms with Crippen LogP contribution in [0.5, 0.6) is 0 Å². The lowest BCUT2D eigenvalue weighted by atomic mass is 10.0. The van der Waals surface area contributed by atoms with Crippen molar-refractivity contribution in [3.8, 4) is 0 Å². The minimum Gasteiger partial charge on any atom is -0.377 e. The van der Waals surface area contributed by atoms with Gasteiger partial charge in [-0.2, -0.15) is 11.8 Å². The van der Waals surface area contributed by atoms with Crippen molar-refractivity contribution in [2.45, 2.75) is 68.3 Å². The number of anilines is 1. The Hall–Kier alpha value is -3.53. The van der Waals surface area contributed by atoms with Gasteiger partial charge in [0, 0.05) is 56.1 Å². The van der Waals surface area contributed by atoms with Gasteiger partial charge in [0.1, 0.15) is 6.54 Å². The van der Waals surface area contributed by atoms with E-state index in [0.29, 0.717) is 83.0 Å². The minimum absolute atomic E-state index is 0.0122. The van der Waals surface area contributed by atoms with Crippen molar-refractivity contribution in [1.29, 1.82) is 0 Å². The number of nitrogens with zero attached hydrogens (tertiary/aromatic N) is 3. The van der Waals surface area contributed by atoms with Crippen molar-refractivity contribution in [2.75, 3.05) is 102 Å². The third-order valence-corrected chi connectivity index (χ3v) is 13.6. The number of ether oxygens (including phenoxy) is 4. The molecule has 0 bridgehead atoms. The lowest BCUT2D eigenvalue weighted by Gasteiger charge is -2.35. The first kappa shape index (κ1) is 44.6. The van der Waals surface area contributed by atoms with Gasteiger partial charge in [0.2, 0.25) is 21.8 Å². The average molecular weight is 840 g/mol. The quantitative estimate of drug-likeness (QED) is 0.0576. The second-order valence-corrected chi connectivity index (χ2v) is 17.5. The summed E-state index contributed by atoms with van der Waals surface area (Å²) in [5, 5.41) is 11.9. The molecule has 318 valence electrons. The summed E-state index contributed by atoms with van der Waals surface area (Å²) in [6, 6.07) is 8.44. The zero-order valence-corrected chi connectivity index (χ0v) is 34.0. The van der Waals surface area contributed by atoms with Gasteiger partial charge in [0.15, 0.2) is 0 Å². The van der Waals surface area contributed by atoms with Gasteiger partial charge < -0.3 is 45.1 Å². The van der Waals surface area contributed by atoms with Crippen molar-refractivity contribution in [1.82, 2.24) is 30.5 Å². The van der Waals surface area contributed by atoms with E-state index >= 15 is 0 Å². The van der Waals surface area contributed by atoms with Crippen LogP contribution < -0.4 is 26.2 Å². The van der Waals surface area contributed by atoms with E-state index in [1.807, 2.05) is 11.8 Å². The zero-order chi connectivity index (χ0) is 40.5. The molecule has 57 heavy (non-hydrogen) atoms. The molecule has 18 nitrogen and oxygen atoms in total. The molecule has 4 saturated heterocycles. The van der Waals surface area contributed by atoms with Gasteiger partial charge in [-0.05, 0) is 37.8 Å². The van der Waals surface area contributed by atoms with E-state index in [1.165, 1.54) is 14.1 Å². The Morgan fingerprint density at radius 1 is 0.789 bits per heavy atom. The van der Waals surface area contributed by atoms with E-state index < -0.39 is 16.1 Å². The second kappa shape index (κ2) is 23.2. The number of thioether (sulfide) groups is 1. The molecule has 0 spiro atoms. The number of nitrogens with one attached hydrogen (secondary N) is 4. The Labute approximate surface area is 338 Å². The van der Waals surface area contributed by atoms with E-state index in [0.717, 1.165) is 25.0 Å². The van der Waals surface area contributed by atoms with Crippen LogP contribution in [0.4, 0.5) is 15.3 Å². The first-order chi connectivity index (χ1) is 27.6. The Morgan fingerprint density at radius 2 is 1.39 bits per heavy atom. The maximum atomic E-state index is 13.0. The number of amides is 7. The number of rotatable bonds is 26. The molecule has 1 aromatic rings. The summed E-state index contributed by atoms with van der Waals surface area (Å²) in [6.45, 7) is 4.00. The summed E-state index contributed by atoms with van der Waals surface area (Å²) in [5.74, 6) is -0.0628. The fourth-order valence-corrected chi connectivity index (χ4v) is 10.2. The van der Waals surface area contributed by atoms with E-state index in [-0.39, 0.29) is 86.8 Å². The number of carbonyl (C=O) groups is 5. The number of sulfonamides is 1. The van der Waals surface area contributed by atoms with E-state index in [4.69, 9.17) is 18.9 Å². The van der Waals surface area contributed by atoms with Crippen molar-refractivity contribution in [3.05, 3.63) is 30.3 Å². The van der Waals surface area contributed by atoms with Gasteiger partial charge in [-0.25, -0.2) is 27.2 Å². The first-order valence-corrected chi connectivity index (χ1v) is 22.5. The van der Waals surface area contributed by atoms with Gasteiger partial charge in [-0.1, -0.05) is 24.6 Å². The highest BCUT2D eigenvalue weighted by Gasteiger charge is 2.43. The number of unbranched alkanes of at least 4 members (excludes halogenated alkanes) is 1. The minimum atomic E-state index is -3.67. The standard InChI is InChI=1S/C37H57N7O11S2/c45-32(9-5-4-8-31-35-30(27-56-31)40-36(48)41-35)38-13-17-52-19-21-54-23-24-55-22-20-53-18-14-39-33(46)12-25-57(50,51)42-15-10-28(11-16-42)43-26-34(47)44(37(43)49)29-6-2-1-3-7-29/h1-3,6-7,28,30-31,35H,4-5,8-27H2,(H,38,45)(H,39,46)(H2,40,41,48)/t30-,31-,35-/m0/s1. The number of hydrogen-bond acceptors (Lipinski definition) is 12. The second-order valence-electron chi connectivity index (χ2n) is 14.2. The van der Waals surface area contributed by atoms with E-state index in [2.05, 4.69) is 21.3 Å². The highest BCUT2D eigenvalue weighted by molar-refractivity contribution is 8.00. The molecule has 4 heterocycles. The molecule has 3 atom stereocenters. The number of piperidine rings is 1. The summed E-state index contributed by atoms with van der Waals surface area (Å²) in [5.41, 5.74) is 0.513. The molecule has 4 aliphatic heterocycles. The van der Waals surface area contributed by atoms with Crippen LogP contribution >= 0.6 is 11.8 Å². The molecule has 4 N–H and O–H groups in total. The van der Waals surface area contributed by atoms with Gasteiger partial charge >= 0.3 is 12.1 Å². The number of carbonyl (C=O) groups excluding carboxylic acids is 5. The van der Waals surface area contributed by atoms with Gasteiger partial charge in [0.25, 0.3) is 5.91 Å². The normalized spacial score (nSPS) is 21.5. The van der Waals surface area contributed by atoms with Crippen molar-refractivity contribution in [2.24, 2.45) is 0 Å². The smallest absolute Gasteiger partial charge is 0.332 e. The fourth-order valence-electron chi connectivity index (χ4n) is 7.16. The van der Waals surface area contributed by atoms with Crippen LogP contribution in [0.25, 0.3) is 0 Å². The predicted molar refractivity (Wildman–Crippen MR) is 212 cm³/mol. The fraction of sp³-hybridized carbons (Fsp3) is 0.703. The largest absolute Gasteiger partial charge is 0.377 e. The lowest BCUT2D eigenvalue weighted by Crippen LogP contribution is -2.48. The number of benzene rings is 1. The van der Waals surface area contributed by atoms with Crippen molar-refractivity contribution in [3.63, 3.8) is 0 Å². The molecule has 7 amide bonds. The van der Waals surface area contributed by atoms with Crippen LogP contribution in [-0.2, 0) is 43.4 Å². The number of imide groups is 1. The molecular weight excluding hydrogens is 783 g/mol. The van der Waals surface area contributed by atoms with Crippen LogP contribution in [0, 0.1) is 0 Å². The van der Waals surface area contributed by atoms with E-state index in [9.17, 15) is 32.4 Å². The molecule has 4 fully saturated rings. The molecule has 4 aliphatic rings. The number of fused-ring (bicyclic) bond motifs is 1. The summed E-state index contributed by atoms with van der Waals surface area (Å²) in [6.07, 6.45) is 3.87. The summed E-state index contributed by atoms with van der Waals surface area (Å²) < 4.78 is 49.1. The Morgan fingerprint density at radius 3 is 2.02 bits per heavy atom. The topological polar surface area (TPSA) is 214 Å². The molecule has 0 radical (unpaired) electrons.